The summed E-state index contributed by atoms with van der Waals surface area (Å²) < 4.78 is 0. The van der Waals surface area contributed by atoms with Crippen molar-refractivity contribution in [2.75, 3.05) is 5.75 Å². The number of thioether (sulfide) groups is 1. The van der Waals surface area contributed by atoms with Crippen molar-refractivity contribution in [3.05, 3.63) is 35.9 Å². The maximum atomic E-state index is 12.6. The third-order valence-electron chi connectivity index (χ3n) is 3.72. The number of amides is 2. The normalized spacial score (nSPS) is 14.4. The van der Waals surface area contributed by atoms with Gasteiger partial charge in [-0.2, -0.15) is 0 Å². The number of nitrogens with one attached hydrogen (secondary N) is 2. The number of benzene rings is 1. The number of fused-ring (bicyclic) bond motifs is 1. The van der Waals surface area contributed by atoms with Crippen LogP contribution in [0.4, 0.5) is 0 Å². The van der Waals surface area contributed by atoms with Gasteiger partial charge in [0.2, 0.25) is 5.91 Å². The lowest BCUT2D eigenvalue weighted by Gasteiger charge is -2.20. The molecule has 0 saturated heterocycles. The Kier molecular flexibility index (Phi) is 4.99. The fourth-order valence-electron chi connectivity index (χ4n) is 2.50. The van der Waals surface area contributed by atoms with E-state index in [9.17, 15) is 9.59 Å². The van der Waals surface area contributed by atoms with Crippen molar-refractivity contribution in [2.24, 2.45) is 0 Å². The van der Waals surface area contributed by atoms with Gasteiger partial charge in [-0.25, -0.2) is 4.98 Å². The first-order chi connectivity index (χ1) is 11.8. The minimum absolute atomic E-state index is 0.0450. The van der Waals surface area contributed by atoms with Gasteiger partial charge in [-0.05, 0) is 45.7 Å². The van der Waals surface area contributed by atoms with Gasteiger partial charge in [-0.15, -0.1) is 0 Å². The molecule has 25 heavy (non-hydrogen) atoms. The topological polar surface area (TPSA) is 71.1 Å². The summed E-state index contributed by atoms with van der Waals surface area (Å²) in [5, 5.41) is 7.48. The van der Waals surface area contributed by atoms with E-state index in [4.69, 9.17) is 0 Å². The van der Waals surface area contributed by atoms with Crippen LogP contribution in [0.5, 0.6) is 0 Å². The summed E-state index contributed by atoms with van der Waals surface area (Å²) in [6.07, 6.45) is 2.09. The number of carbonyl (C=O) groups excluding carboxylic acids is 2. The van der Waals surface area contributed by atoms with Crippen LogP contribution in [0.3, 0.4) is 0 Å². The van der Waals surface area contributed by atoms with E-state index in [2.05, 4.69) is 15.6 Å². The molecule has 132 valence electrons. The fraction of sp³-hybridized carbons (Fsp3) is 0.421. The molecule has 0 radical (unpaired) electrons. The molecule has 1 aliphatic rings. The molecule has 1 saturated carbocycles. The Hall–Kier alpha value is -2.08. The Morgan fingerprint density at radius 2 is 1.96 bits per heavy atom. The molecule has 6 heteroatoms. The quantitative estimate of drug-likeness (QED) is 0.807. The molecule has 2 amide bonds. The number of hydrogen-bond acceptors (Lipinski definition) is 4. The summed E-state index contributed by atoms with van der Waals surface area (Å²) in [5.74, 6) is 0.158. The van der Waals surface area contributed by atoms with Gasteiger partial charge in [-0.3, -0.25) is 9.59 Å². The molecule has 1 aliphatic carbocycles. The molecule has 1 fully saturated rings. The van der Waals surface area contributed by atoms with E-state index < -0.39 is 0 Å². The second-order valence-electron chi connectivity index (χ2n) is 7.36. The Morgan fingerprint density at radius 3 is 2.64 bits per heavy atom. The average Bonchev–Trinajstić information content (AvgIpc) is 3.34. The third-order valence-corrected chi connectivity index (χ3v) is 4.63. The van der Waals surface area contributed by atoms with Gasteiger partial charge in [-0.1, -0.05) is 30.0 Å². The molecular weight excluding hydrogens is 334 g/mol. The second kappa shape index (κ2) is 7.04. The number of rotatable bonds is 5. The van der Waals surface area contributed by atoms with E-state index in [-0.39, 0.29) is 23.1 Å². The van der Waals surface area contributed by atoms with Crippen LogP contribution in [-0.2, 0) is 4.79 Å². The van der Waals surface area contributed by atoms with Gasteiger partial charge in [0.25, 0.3) is 5.91 Å². The summed E-state index contributed by atoms with van der Waals surface area (Å²) in [7, 11) is 0. The average molecular weight is 357 g/mol. The van der Waals surface area contributed by atoms with Gasteiger partial charge in [0.15, 0.2) is 0 Å². The number of pyridine rings is 1. The first kappa shape index (κ1) is 17.7. The Labute approximate surface area is 152 Å². The highest BCUT2D eigenvalue weighted by molar-refractivity contribution is 7.99. The van der Waals surface area contributed by atoms with Gasteiger partial charge in [0.05, 0.1) is 21.9 Å². The Bertz CT molecular complexity index is 810. The zero-order valence-corrected chi connectivity index (χ0v) is 15.6. The minimum atomic E-state index is -0.260. The number of para-hydroxylation sites is 1. The van der Waals surface area contributed by atoms with Crippen LogP contribution in [0.1, 0.15) is 44.0 Å². The van der Waals surface area contributed by atoms with Crippen LogP contribution in [0.25, 0.3) is 10.9 Å². The lowest BCUT2D eigenvalue weighted by atomic mass is 10.1. The molecule has 1 aromatic heterocycles. The molecule has 1 aromatic carbocycles. The van der Waals surface area contributed by atoms with Crippen LogP contribution >= 0.6 is 11.8 Å². The summed E-state index contributed by atoms with van der Waals surface area (Å²) in [6.45, 7) is 5.85. The maximum absolute atomic E-state index is 12.6. The van der Waals surface area contributed by atoms with Crippen molar-refractivity contribution in [3.63, 3.8) is 0 Å². The van der Waals surface area contributed by atoms with Gasteiger partial charge >= 0.3 is 0 Å². The van der Waals surface area contributed by atoms with E-state index in [0.717, 1.165) is 23.7 Å². The van der Waals surface area contributed by atoms with Gasteiger partial charge in [0.1, 0.15) is 0 Å². The van der Waals surface area contributed by atoms with Crippen molar-refractivity contribution in [1.82, 2.24) is 15.6 Å². The molecule has 5 nitrogen and oxygen atoms in total. The van der Waals surface area contributed by atoms with Crippen LogP contribution < -0.4 is 10.6 Å². The lowest BCUT2D eigenvalue weighted by Crippen LogP contribution is -2.41. The molecule has 0 spiro atoms. The first-order valence-electron chi connectivity index (χ1n) is 8.46. The molecular formula is C19H23N3O2S. The predicted molar refractivity (Wildman–Crippen MR) is 101 cm³/mol. The molecule has 3 rings (SSSR count). The molecule has 0 unspecified atom stereocenters. The zero-order chi connectivity index (χ0) is 18.0. The number of hydrogen-bond donors (Lipinski definition) is 2. The minimum Gasteiger partial charge on any atom is -0.351 e. The summed E-state index contributed by atoms with van der Waals surface area (Å²) in [5.41, 5.74) is 1.13. The highest BCUT2D eigenvalue weighted by Gasteiger charge is 2.25. The Balaban J connectivity index is 1.81. The predicted octanol–water partition coefficient (Wildman–Crippen LogP) is 3.13. The largest absolute Gasteiger partial charge is 0.351 e. The fourth-order valence-corrected chi connectivity index (χ4v) is 3.21. The third kappa shape index (κ3) is 4.95. The van der Waals surface area contributed by atoms with E-state index in [1.54, 1.807) is 6.07 Å². The molecule has 0 atom stereocenters. The first-order valence-corrected chi connectivity index (χ1v) is 9.45. The molecule has 2 N–H and O–H groups in total. The number of aromatic nitrogens is 1. The summed E-state index contributed by atoms with van der Waals surface area (Å²) >= 11 is 1.35. The Morgan fingerprint density at radius 1 is 1.24 bits per heavy atom. The van der Waals surface area contributed by atoms with E-state index in [1.165, 1.54) is 11.8 Å². The second-order valence-corrected chi connectivity index (χ2v) is 8.36. The highest BCUT2D eigenvalue weighted by Crippen LogP contribution is 2.26. The van der Waals surface area contributed by atoms with Crippen molar-refractivity contribution in [1.29, 1.82) is 0 Å². The van der Waals surface area contributed by atoms with Gasteiger partial charge in [0, 0.05) is 17.0 Å². The van der Waals surface area contributed by atoms with Crippen LogP contribution in [0.2, 0.25) is 0 Å². The number of carbonyl (C=O) groups is 2. The van der Waals surface area contributed by atoms with Crippen molar-refractivity contribution >= 4 is 34.5 Å². The van der Waals surface area contributed by atoms with E-state index >= 15 is 0 Å². The molecule has 1 heterocycles. The standard InChI is InChI=1S/C19H23N3O2S/c1-19(2,3)22-16(23)11-25-17-10-14(18(24)20-12-8-9-12)13-6-4-5-7-15(13)21-17/h4-7,10,12H,8-9,11H2,1-3H3,(H,20,24)(H,22,23). The van der Waals surface area contributed by atoms with Crippen molar-refractivity contribution in [3.8, 4) is 0 Å². The SMILES string of the molecule is CC(C)(C)NC(=O)CSc1cc(C(=O)NC2CC2)c2ccccc2n1. The van der Waals surface area contributed by atoms with E-state index in [0.29, 0.717) is 16.6 Å². The molecule has 0 aliphatic heterocycles. The van der Waals surface area contributed by atoms with Gasteiger partial charge < -0.3 is 10.6 Å². The maximum Gasteiger partial charge on any atom is 0.252 e. The molecule has 0 bridgehead atoms. The van der Waals surface area contributed by atoms with Crippen molar-refractivity contribution in [2.45, 2.75) is 50.2 Å². The lowest BCUT2D eigenvalue weighted by molar-refractivity contribution is -0.119. The van der Waals surface area contributed by atoms with E-state index in [1.807, 2.05) is 45.0 Å². The molecule has 2 aromatic rings. The monoisotopic (exact) mass is 357 g/mol. The highest BCUT2D eigenvalue weighted by atomic mass is 32.2. The number of nitrogens with zero attached hydrogens (tertiary/aromatic N) is 1. The summed E-state index contributed by atoms with van der Waals surface area (Å²) in [6, 6.07) is 9.69. The van der Waals surface area contributed by atoms with Crippen molar-refractivity contribution < 1.29 is 9.59 Å². The summed E-state index contributed by atoms with van der Waals surface area (Å²) in [4.78, 5) is 29.2. The van der Waals surface area contributed by atoms with Crippen LogP contribution in [0, 0.1) is 0 Å². The van der Waals surface area contributed by atoms with Crippen LogP contribution in [-0.4, -0.2) is 34.1 Å². The zero-order valence-electron chi connectivity index (χ0n) is 14.8. The smallest absolute Gasteiger partial charge is 0.252 e. The van der Waals surface area contributed by atoms with Crippen LogP contribution in [0.15, 0.2) is 35.4 Å².